The number of rotatable bonds is 7. The molecule has 1 N–H and O–H groups in total. The number of ether oxygens (including phenoxy) is 2. The molecule has 41 heavy (non-hydrogen) atoms. The van der Waals surface area contributed by atoms with Gasteiger partial charge in [0.15, 0.2) is 0 Å². The normalized spacial score (nSPS) is 30.3. The number of benzene rings is 1. The fourth-order valence-corrected chi connectivity index (χ4v) is 7.54. The van der Waals surface area contributed by atoms with Crippen molar-refractivity contribution >= 4 is 5.91 Å². The molecule has 2 saturated heterocycles. The third-order valence-electron chi connectivity index (χ3n) is 9.64. The molecule has 6 rings (SSSR count). The average molecular weight is 573 g/mol. The summed E-state index contributed by atoms with van der Waals surface area (Å²) in [5.74, 6) is 0.262. The Balaban J connectivity index is 1.21. The van der Waals surface area contributed by atoms with Crippen molar-refractivity contribution in [3.63, 3.8) is 0 Å². The number of hydrogen-bond acceptors (Lipinski definition) is 6. The summed E-state index contributed by atoms with van der Waals surface area (Å²) in [6.45, 7) is 4.30. The summed E-state index contributed by atoms with van der Waals surface area (Å²) in [5.41, 5.74) is 1.11. The second kappa shape index (κ2) is 11.6. The maximum Gasteiger partial charge on any atom is 0.417 e. The highest BCUT2D eigenvalue weighted by molar-refractivity contribution is 5.84. The summed E-state index contributed by atoms with van der Waals surface area (Å²) >= 11 is 0. The van der Waals surface area contributed by atoms with Crippen molar-refractivity contribution < 1.29 is 27.4 Å². The van der Waals surface area contributed by atoms with Crippen molar-refractivity contribution in [1.82, 2.24) is 20.1 Å². The molecular formula is C31H39F3N4O3. The Morgan fingerprint density at radius 2 is 2.10 bits per heavy atom. The molecule has 2 unspecified atom stereocenters. The van der Waals surface area contributed by atoms with E-state index >= 15 is 0 Å². The van der Waals surface area contributed by atoms with E-state index in [0.717, 1.165) is 45.0 Å². The van der Waals surface area contributed by atoms with Crippen molar-refractivity contribution in [1.29, 1.82) is 0 Å². The van der Waals surface area contributed by atoms with Crippen LogP contribution in [0.1, 0.15) is 41.6 Å². The van der Waals surface area contributed by atoms with Crippen molar-refractivity contribution in [2.75, 3.05) is 46.5 Å². The minimum Gasteiger partial charge on any atom is -0.379 e. The predicted molar refractivity (Wildman–Crippen MR) is 147 cm³/mol. The largest absolute Gasteiger partial charge is 0.417 e. The van der Waals surface area contributed by atoms with Crippen LogP contribution in [0.2, 0.25) is 0 Å². The Morgan fingerprint density at radius 3 is 2.88 bits per heavy atom. The third kappa shape index (κ3) is 5.89. The lowest BCUT2D eigenvalue weighted by molar-refractivity contribution is -0.144. The highest BCUT2D eigenvalue weighted by atomic mass is 19.4. The van der Waals surface area contributed by atoms with Gasteiger partial charge in [-0.2, -0.15) is 13.2 Å². The lowest BCUT2D eigenvalue weighted by Crippen LogP contribution is -2.52. The van der Waals surface area contributed by atoms with Gasteiger partial charge in [0.25, 0.3) is 0 Å². The Morgan fingerprint density at radius 1 is 1.27 bits per heavy atom. The van der Waals surface area contributed by atoms with Crippen LogP contribution >= 0.6 is 0 Å². The van der Waals surface area contributed by atoms with Crippen LogP contribution in [0.15, 0.2) is 42.6 Å². The zero-order valence-corrected chi connectivity index (χ0v) is 23.5. The summed E-state index contributed by atoms with van der Waals surface area (Å²) < 4.78 is 51.5. The topological polar surface area (TPSA) is 66.9 Å². The number of halogens is 3. The Hall–Kier alpha value is -2.53. The molecule has 0 bridgehead atoms. The van der Waals surface area contributed by atoms with Gasteiger partial charge < -0.3 is 24.6 Å². The highest BCUT2D eigenvalue weighted by Crippen LogP contribution is 2.50. The average Bonchev–Trinajstić information content (AvgIpc) is 3.49. The number of methoxy groups -OCH3 is 1. The maximum atomic E-state index is 14.5. The smallest absolute Gasteiger partial charge is 0.379 e. The van der Waals surface area contributed by atoms with Crippen LogP contribution in [-0.4, -0.2) is 85.4 Å². The van der Waals surface area contributed by atoms with E-state index in [9.17, 15) is 18.0 Å². The van der Waals surface area contributed by atoms with Gasteiger partial charge in [0, 0.05) is 76.8 Å². The molecule has 7 nitrogen and oxygen atoms in total. The molecule has 1 aromatic carbocycles. The number of likely N-dealkylation sites (tertiary alicyclic amines) is 1. The van der Waals surface area contributed by atoms with Crippen LogP contribution in [0, 0.1) is 11.3 Å². The molecule has 0 radical (unpaired) electrons. The Labute approximate surface area is 239 Å². The number of carbonyl (C=O) groups is 1. The van der Waals surface area contributed by atoms with Crippen LogP contribution in [0.25, 0.3) is 0 Å². The molecule has 10 heteroatoms. The number of hydrogen-bond donors (Lipinski definition) is 1. The number of amides is 1. The van der Waals surface area contributed by atoms with Crippen LogP contribution in [0.3, 0.4) is 0 Å². The van der Waals surface area contributed by atoms with Crippen LogP contribution in [0.5, 0.6) is 0 Å². The second-order valence-electron chi connectivity index (χ2n) is 12.2. The summed E-state index contributed by atoms with van der Waals surface area (Å²) in [6, 6.07) is 11.9. The van der Waals surface area contributed by atoms with Crippen LogP contribution in [-0.2, 0) is 39.8 Å². The van der Waals surface area contributed by atoms with E-state index in [2.05, 4.69) is 27.3 Å². The van der Waals surface area contributed by atoms with E-state index in [-0.39, 0.29) is 36.6 Å². The zero-order chi connectivity index (χ0) is 28.6. The SMILES string of the molecule is COC1COCCC1N[C@@H]1C[C@H]2CN(CCc3ccccc3)C[C@@]2(C(=O)N2CCc3ncc(C(F)(F)F)cc3C2)C1. The van der Waals surface area contributed by atoms with Gasteiger partial charge in [-0.15, -0.1) is 0 Å². The molecule has 3 aliphatic heterocycles. The molecule has 4 aliphatic rings. The van der Waals surface area contributed by atoms with E-state index in [4.69, 9.17) is 9.47 Å². The number of pyridine rings is 1. The summed E-state index contributed by atoms with van der Waals surface area (Å²) in [5, 5.41) is 3.81. The van der Waals surface area contributed by atoms with Gasteiger partial charge >= 0.3 is 6.18 Å². The van der Waals surface area contributed by atoms with Gasteiger partial charge in [0.2, 0.25) is 5.91 Å². The summed E-state index contributed by atoms with van der Waals surface area (Å²) in [7, 11) is 1.71. The number of carbonyl (C=O) groups excluding carboxylic acids is 1. The molecule has 1 amide bonds. The fraction of sp³-hybridized carbons (Fsp3) is 0.613. The Kier molecular flexibility index (Phi) is 8.11. The lowest BCUT2D eigenvalue weighted by Gasteiger charge is -2.38. The number of fused-ring (bicyclic) bond motifs is 2. The predicted octanol–water partition coefficient (Wildman–Crippen LogP) is 3.70. The molecule has 1 aliphatic carbocycles. The van der Waals surface area contributed by atoms with Crippen molar-refractivity contribution in [2.45, 2.75) is 63.0 Å². The van der Waals surface area contributed by atoms with Gasteiger partial charge in [-0.1, -0.05) is 30.3 Å². The number of alkyl halides is 3. The molecule has 4 heterocycles. The molecule has 1 aromatic heterocycles. The van der Waals surface area contributed by atoms with Crippen LogP contribution in [0.4, 0.5) is 13.2 Å². The van der Waals surface area contributed by atoms with Gasteiger partial charge in [0.1, 0.15) is 0 Å². The number of nitrogens with one attached hydrogen (secondary N) is 1. The lowest BCUT2D eigenvalue weighted by atomic mass is 9.78. The quantitative estimate of drug-likeness (QED) is 0.546. The molecular weight excluding hydrogens is 533 g/mol. The van der Waals surface area contributed by atoms with Crippen molar-refractivity contribution in [3.05, 3.63) is 65.0 Å². The molecule has 2 aromatic rings. The first kappa shape index (κ1) is 28.6. The van der Waals surface area contributed by atoms with Crippen molar-refractivity contribution in [2.24, 2.45) is 11.3 Å². The Bertz CT molecular complexity index is 1230. The summed E-state index contributed by atoms with van der Waals surface area (Å²) in [4.78, 5) is 22.8. The molecule has 3 fully saturated rings. The zero-order valence-electron chi connectivity index (χ0n) is 23.5. The molecule has 0 spiro atoms. The molecule has 222 valence electrons. The fourth-order valence-electron chi connectivity index (χ4n) is 7.54. The van der Waals surface area contributed by atoms with E-state index in [1.165, 1.54) is 11.6 Å². The monoisotopic (exact) mass is 572 g/mol. The van der Waals surface area contributed by atoms with Gasteiger partial charge in [-0.3, -0.25) is 9.78 Å². The van der Waals surface area contributed by atoms with Gasteiger partial charge in [0.05, 0.1) is 23.7 Å². The van der Waals surface area contributed by atoms with E-state index in [0.29, 0.717) is 44.0 Å². The first-order valence-electron chi connectivity index (χ1n) is 14.7. The highest BCUT2D eigenvalue weighted by Gasteiger charge is 2.58. The molecule has 5 atom stereocenters. The minimum absolute atomic E-state index is 0.0212. The van der Waals surface area contributed by atoms with E-state index in [1.54, 1.807) is 12.0 Å². The van der Waals surface area contributed by atoms with Crippen molar-refractivity contribution in [3.8, 4) is 0 Å². The minimum atomic E-state index is -4.46. The summed E-state index contributed by atoms with van der Waals surface area (Å²) in [6.07, 6.45) is 0.285. The first-order chi connectivity index (χ1) is 19.7. The third-order valence-corrected chi connectivity index (χ3v) is 9.64. The van der Waals surface area contributed by atoms with E-state index < -0.39 is 17.2 Å². The molecule has 1 saturated carbocycles. The van der Waals surface area contributed by atoms with Crippen LogP contribution < -0.4 is 5.32 Å². The first-order valence-corrected chi connectivity index (χ1v) is 14.7. The maximum absolute atomic E-state index is 14.5. The standard InChI is InChI=1S/C31H39F3N4O3/c1-40-28-19-41-12-9-27(28)36-25-14-24-18-37(10-7-21-5-3-2-4-6-21)20-30(24,15-25)29(39)38-11-8-26-22(17-38)13-23(16-35-26)31(32,33)34/h2-6,13,16,24-25,27-28,36H,7-12,14-15,17-20H2,1H3/t24-,25+,27?,28?,30-/m0/s1. The van der Waals surface area contributed by atoms with Gasteiger partial charge in [-0.25, -0.2) is 0 Å². The number of nitrogens with zero attached hydrogens (tertiary/aromatic N) is 3. The number of aromatic nitrogens is 1. The second-order valence-corrected chi connectivity index (χ2v) is 12.2. The van der Waals surface area contributed by atoms with E-state index in [1.807, 2.05) is 18.2 Å². The van der Waals surface area contributed by atoms with Gasteiger partial charge in [-0.05, 0) is 48.8 Å².